The average Bonchev–Trinajstić information content (AvgIpc) is 2.88. The molecule has 1 N–H and O–H groups in total. The molecule has 0 aliphatic rings. The van der Waals surface area contributed by atoms with Gasteiger partial charge in [0.2, 0.25) is 0 Å². The van der Waals surface area contributed by atoms with E-state index >= 15 is 0 Å². The number of hydrogen-bond acceptors (Lipinski definition) is 5. The van der Waals surface area contributed by atoms with Crippen molar-refractivity contribution >= 4 is 45.1 Å². The number of carbonyl (C=O) groups excluding carboxylic acids is 2. The summed E-state index contributed by atoms with van der Waals surface area (Å²) in [7, 11) is 0. The Morgan fingerprint density at radius 1 is 0.972 bits per heavy atom. The molecule has 6 nitrogen and oxygen atoms in total. The zero-order valence-electron chi connectivity index (χ0n) is 20.1. The van der Waals surface area contributed by atoms with Crippen molar-refractivity contribution < 1.29 is 19.1 Å². The van der Waals surface area contributed by atoms with E-state index in [-0.39, 0.29) is 23.4 Å². The van der Waals surface area contributed by atoms with Crippen molar-refractivity contribution in [3.8, 4) is 5.75 Å². The predicted molar refractivity (Wildman–Crippen MR) is 148 cm³/mol. The Labute approximate surface area is 225 Å². The Hall–Kier alpha value is -3.23. The summed E-state index contributed by atoms with van der Waals surface area (Å²) >= 11 is 9.03. The third-order valence-electron chi connectivity index (χ3n) is 5.30. The van der Waals surface area contributed by atoms with E-state index in [1.54, 1.807) is 30.0 Å². The van der Waals surface area contributed by atoms with Crippen LogP contribution in [0, 0.1) is 0 Å². The number of amides is 1. The van der Waals surface area contributed by atoms with Gasteiger partial charge >= 0.3 is 5.97 Å². The maximum absolute atomic E-state index is 12.9. The van der Waals surface area contributed by atoms with E-state index in [0.717, 1.165) is 12.0 Å². The lowest BCUT2D eigenvalue weighted by Gasteiger charge is -2.25. The smallest absolute Gasteiger partial charge is 0.307 e. The van der Waals surface area contributed by atoms with Gasteiger partial charge in [-0.05, 0) is 64.4 Å². The lowest BCUT2D eigenvalue weighted by Crippen LogP contribution is -2.43. The van der Waals surface area contributed by atoms with Crippen molar-refractivity contribution in [2.45, 2.75) is 26.3 Å². The van der Waals surface area contributed by atoms with Crippen molar-refractivity contribution in [1.82, 2.24) is 10.2 Å². The number of thiocarbonyl (C=S) groups is 1. The molecule has 3 aromatic carbocycles. The van der Waals surface area contributed by atoms with Crippen molar-refractivity contribution in [2.75, 3.05) is 19.8 Å². The monoisotopic (exact) mass is 568 g/mol. The van der Waals surface area contributed by atoms with E-state index in [4.69, 9.17) is 21.7 Å². The summed E-state index contributed by atoms with van der Waals surface area (Å²) in [5.41, 5.74) is 2.64. The van der Waals surface area contributed by atoms with E-state index in [0.29, 0.717) is 42.1 Å². The molecule has 0 atom stereocenters. The minimum absolute atomic E-state index is 0.164. The van der Waals surface area contributed by atoms with Crippen LogP contribution in [0.3, 0.4) is 0 Å². The van der Waals surface area contributed by atoms with Gasteiger partial charge in [-0.2, -0.15) is 0 Å². The quantitative estimate of drug-likeness (QED) is 0.242. The van der Waals surface area contributed by atoms with Gasteiger partial charge in [0.15, 0.2) is 5.11 Å². The van der Waals surface area contributed by atoms with Crippen molar-refractivity contribution in [3.05, 3.63) is 100 Å². The Balaban J connectivity index is 1.60. The Morgan fingerprint density at radius 3 is 2.28 bits per heavy atom. The minimum Gasteiger partial charge on any atom is -0.492 e. The summed E-state index contributed by atoms with van der Waals surface area (Å²) in [4.78, 5) is 26.6. The van der Waals surface area contributed by atoms with Crippen LogP contribution in [0.4, 0.5) is 0 Å². The third kappa shape index (κ3) is 8.77. The summed E-state index contributed by atoms with van der Waals surface area (Å²) in [6.45, 7) is 3.39. The van der Waals surface area contributed by atoms with Gasteiger partial charge in [-0.25, -0.2) is 0 Å². The largest absolute Gasteiger partial charge is 0.492 e. The molecule has 3 aromatic rings. The fourth-order valence-corrected chi connectivity index (χ4v) is 4.19. The van der Waals surface area contributed by atoms with Crippen LogP contribution in [0.5, 0.6) is 5.75 Å². The van der Waals surface area contributed by atoms with Gasteiger partial charge in [-0.3, -0.25) is 14.9 Å². The summed E-state index contributed by atoms with van der Waals surface area (Å²) in [6, 6.07) is 25.0. The molecule has 0 radical (unpaired) electrons. The molecule has 0 bridgehead atoms. The molecule has 0 aliphatic heterocycles. The molecule has 0 unspecified atom stereocenters. The molecule has 0 heterocycles. The molecular formula is C28H29BrN2O4S. The van der Waals surface area contributed by atoms with Crippen molar-refractivity contribution in [2.24, 2.45) is 0 Å². The second kappa shape index (κ2) is 14.4. The molecule has 3 rings (SSSR count). The first-order valence-electron chi connectivity index (χ1n) is 11.7. The Morgan fingerprint density at radius 2 is 1.64 bits per heavy atom. The zero-order chi connectivity index (χ0) is 25.8. The molecular weight excluding hydrogens is 540 g/mol. The lowest BCUT2D eigenvalue weighted by atomic mass is 10.2. The predicted octanol–water partition coefficient (Wildman–Crippen LogP) is 5.54. The lowest BCUT2D eigenvalue weighted by molar-refractivity contribution is -0.143. The summed E-state index contributed by atoms with van der Waals surface area (Å²) in [6.07, 6.45) is 0.948. The summed E-state index contributed by atoms with van der Waals surface area (Å²) < 4.78 is 11.6. The molecule has 0 saturated heterocycles. The van der Waals surface area contributed by atoms with Crippen LogP contribution in [0.25, 0.3) is 0 Å². The number of halogens is 1. The summed E-state index contributed by atoms with van der Waals surface area (Å²) in [5.74, 6) is 0.00685. The first kappa shape index (κ1) is 27.4. The molecule has 0 aliphatic carbocycles. The summed E-state index contributed by atoms with van der Waals surface area (Å²) in [5, 5.41) is 3.03. The molecule has 36 heavy (non-hydrogen) atoms. The first-order valence-corrected chi connectivity index (χ1v) is 12.9. The number of hydrogen-bond donors (Lipinski definition) is 1. The van der Waals surface area contributed by atoms with E-state index < -0.39 is 0 Å². The maximum atomic E-state index is 12.9. The highest BCUT2D eigenvalue weighted by molar-refractivity contribution is 9.10. The molecule has 0 saturated carbocycles. The van der Waals surface area contributed by atoms with Gasteiger partial charge in [-0.1, -0.05) is 60.7 Å². The van der Waals surface area contributed by atoms with Gasteiger partial charge in [0.25, 0.3) is 5.91 Å². The van der Waals surface area contributed by atoms with E-state index in [9.17, 15) is 9.59 Å². The van der Waals surface area contributed by atoms with Crippen LogP contribution in [0.1, 0.15) is 34.8 Å². The molecule has 0 spiro atoms. The Kier molecular flexibility index (Phi) is 10.9. The third-order valence-corrected chi connectivity index (χ3v) is 6.28. The Bertz CT molecular complexity index is 1160. The normalized spacial score (nSPS) is 10.4. The second-order valence-electron chi connectivity index (χ2n) is 7.95. The number of rotatable bonds is 11. The highest BCUT2D eigenvalue weighted by Gasteiger charge is 2.17. The highest BCUT2D eigenvalue weighted by Crippen LogP contribution is 2.26. The standard InChI is InChI=1S/C28H29BrN2O4S/c1-2-34-26(32)15-17-31(20-22-11-7-4-8-12-22)28(36)30-27(33)23-13-14-25(24(29)19-23)35-18-16-21-9-5-3-6-10-21/h3-14,19H,2,15-18,20H2,1H3,(H,30,33,36). The number of nitrogens with zero attached hydrogens (tertiary/aromatic N) is 1. The van der Waals surface area contributed by atoms with Crippen LogP contribution in [-0.2, 0) is 22.5 Å². The van der Waals surface area contributed by atoms with Gasteiger partial charge in [0.1, 0.15) is 5.75 Å². The number of esters is 1. The zero-order valence-corrected chi connectivity index (χ0v) is 22.5. The molecule has 0 fully saturated rings. The average molecular weight is 570 g/mol. The van der Waals surface area contributed by atoms with E-state index in [1.807, 2.05) is 48.5 Å². The number of carbonyl (C=O) groups is 2. The maximum Gasteiger partial charge on any atom is 0.307 e. The molecule has 1 amide bonds. The minimum atomic E-state index is -0.342. The van der Waals surface area contributed by atoms with Crippen LogP contribution < -0.4 is 10.1 Å². The van der Waals surface area contributed by atoms with Gasteiger partial charge < -0.3 is 14.4 Å². The van der Waals surface area contributed by atoms with E-state index in [1.165, 1.54) is 5.56 Å². The fourth-order valence-electron chi connectivity index (χ4n) is 3.45. The van der Waals surface area contributed by atoms with Crippen LogP contribution in [0.2, 0.25) is 0 Å². The van der Waals surface area contributed by atoms with Gasteiger partial charge in [0, 0.05) is 25.1 Å². The van der Waals surface area contributed by atoms with Crippen LogP contribution in [-0.4, -0.2) is 41.6 Å². The molecule has 8 heteroatoms. The number of benzene rings is 3. The van der Waals surface area contributed by atoms with Crippen LogP contribution in [0.15, 0.2) is 83.3 Å². The topological polar surface area (TPSA) is 67.9 Å². The van der Waals surface area contributed by atoms with Crippen LogP contribution >= 0.6 is 28.1 Å². The molecule has 0 aromatic heterocycles. The van der Waals surface area contributed by atoms with Crippen molar-refractivity contribution in [1.29, 1.82) is 0 Å². The van der Waals surface area contributed by atoms with Gasteiger partial charge in [0.05, 0.1) is 24.1 Å². The SMILES string of the molecule is CCOC(=O)CCN(Cc1ccccc1)C(=S)NC(=O)c1ccc(OCCc2ccccc2)c(Br)c1. The fraction of sp³-hybridized carbons (Fsp3) is 0.250. The van der Waals surface area contributed by atoms with Crippen molar-refractivity contribution in [3.63, 3.8) is 0 Å². The molecule has 188 valence electrons. The first-order chi connectivity index (χ1) is 17.5. The highest BCUT2D eigenvalue weighted by atomic mass is 79.9. The number of nitrogens with one attached hydrogen (secondary N) is 1. The van der Waals surface area contributed by atoms with Gasteiger partial charge in [-0.15, -0.1) is 0 Å². The second-order valence-corrected chi connectivity index (χ2v) is 9.19. The van der Waals surface area contributed by atoms with E-state index in [2.05, 4.69) is 33.4 Å². The number of ether oxygens (including phenoxy) is 2.